The van der Waals surface area contributed by atoms with Crippen LogP contribution in [0.5, 0.6) is 5.75 Å². The Hall–Kier alpha value is -4.83. The van der Waals surface area contributed by atoms with Crippen LogP contribution >= 0.6 is 0 Å². The Morgan fingerprint density at radius 1 is 1.12 bits per heavy atom. The molecule has 206 valence electrons. The molecule has 0 saturated carbocycles. The van der Waals surface area contributed by atoms with E-state index in [0.717, 1.165) is 41.7 Å². The van der Waals surface area contributed by atoms with Crippen molar-refractivity contribution in [1.29, 1.82) is 0 Å². The molecule has 0 radical (unpaired) electrons. The fourth-order valence-corrected chi connectivity index (χ4v) is 6.01. The molecule has 9 nitrogen and oxygen atoms in total. The lowest BCUT2D eigenvalue weighted by atomic mass is 10.1. The summed E-state index contributed by atoms with van der Waals surface area (Å²) in [5, 5.41) is 7.74. The number of benzene rings is 2. The zero-order valence-electron chi connectivity index (χ0n) is 22.4. The largest absolute Gasteiger partial charge is 0.496 e. The molecular weight excluding hydrogens is 521 g/mol. The first kappa shape index (κ1) is 25.2. The van der Waals surface area contributed by atoms with E-state index in [-0.39, 0.29) is 17.1 Å². The van der Waals surface area contributed by atoms with Gasteiger partial charge in [0.2, 0.25) is 0 Å². The van der Waals surface area contributed by atoms with Gasteiger partial charge < -0.3 is 24.8 Å². The topological polar surface area (TPSA) is 97.2 Å². The van der Waals surface area contributed by atoms with Crippen LogP contribution in [0.25, 0.3) is 22.3 Å². The summed E-state index contributed by atoms with van der Waals surface area (Å²) in [6.07, 6.45) is 8.22. The van der Waals surface area contributed by atoms with E-state index in [9.17, 15) is 9.18 Å². The highest BCUT2D eigenvalue weighted by atomic mass is 19.1. The van der Waals surface area contributed by atoms with Gasteiger partial charge in [-0.15, -0.1) is 0 Å². The predicted molar refractivity (Wildman–Crippen MR) is 155 cm³/mol. The second-order valence-corrected chi connectivity index (χ2v) is 10.4. The van der Waals surface area contributed by atoms with E-state index in [1.807, 2.05) is 24.3 Å². The molecule has 41 heavy (non-hydrogen) atoms. The molecule has 3 aromatic heterocycles. The van der Waals surface area contributed by atoms with E-state index in [2.05, 4.69) is 47.3 Å². The van der Waals surface area contributed by atoms with E-state index >= 15 is 0 Å². The molecule has 0 unspecified atom stereocenters. The van der Waals surface area contributed by atoms with Gasteiger partial charge in [-0.25, -0.2) is 14.4 Å². The predicted octanol–water partition coefficient (Wildman–Crippen LogP) is 4.49. The normalized spacial score (nSPS) is 17.8. The Balaban J connectivity index is 1.25. The van der Waals surface area contributed by atoms with Crippen LogP contribution in [-0.2, 0) is 6.54 Å². The molecule has 7 rings (SSSR count). The summed E-state index contributed by atoms with van der Waals surface area (Å²) in [4.78, 5) is 28.7. The SMILES string of the molecule is COc1cccc(F)c1-c1nccc(C(=O)Nc2ccc3c(ccn3Cc3ccncc3)c2N2C[C@@H]3C[C@H]2CN3)n1. The Morgan fingerprint density at radius 2 is 2.00 bits per heavy atom. The maximum atomic E-state index is 14.7. The number of hydrogen-bond acceptors (Lipinski definition) is 7. The maximum Gasteiger partial charge on any atom is 0.274 e. The number of ether oxygens (including phenoxy) is 1. The molecule has 2 N–H and O–H groups in total. The molecule has 2 aliphatic rings. The van der Waals surface area contributed by atoms with Gasteiger partial charge in [-0.2, -0.15) is 0 Å². The number of nitrogens with one attached hydrogen (secondary N) is 2. The average molecular weight is 550 g/mol. The Bertz CT molecular complexity index is 1760. The van der Waals surface area contributed by atoms with Crippen LogP contribution in [0.3, 0.4) is 0 Å². The molecule has 0 aliphatic carbocycles. The summed E-state index contributed by atoms with van der Waals surface area (Å²) in [6, 6.07) is 16.9. The van der Waals surface area contributed by atoms with E-state index in [1.54, 1.807) is 24.5 Å². The molecule has 2 saturated heterocycles. The third-order valence-corrected chi connectivity index (χ3v) is 7.93. The third kappa shape index (κ3) is 4.55. The lowest BCUT2D eigenvalue weighted by molar-refractivity contribution is 0.102. The number of carbonyl (C=O) groups excluding carboxylic acids is 1. The van der Waals surface area contributed by atoms with Gasteiger partial charge in [0.15, 0.2) is 5.82 Å². The molecule has 0 spiro atoms. The number of halogens is 1. The molecular formula is C31H28FN7O2. The second kappa shape index (κ2) is 10.3. The number of hydrogen-bond donors (Lipinski definition) is 2. The highest BCUT2D eigenvalue weighted by molar-refractivity contribution is 6.09. The smallest absolute Gasteiger partial charge is 0.274 e. The van der Waals surface area contributed by atoms with Crippen LogP contribution in [0.4, 0.5) is 15.8 Å². The molecule has 2 aliphatic heterocycles. The van der Waals surface area contributed by atoms with Crippen molar-refractivity contribution in [3.05, 3.63) is 96.5 Å². The van der Waals surface area contributed by atoms with Crippen molar-refractivity contribution in [2.24, 2.45) is 0 Å². The first-order valence-corrected chi connectivity index (χ1v) is 13.6. The molecule has 5 heterocycles. The first-order valence-electron chi connectivity index (χ1n) is 13.6. The summed E-state index contributed by atoms with van der Waals surface area (Å²) in [6.45, 7) is 2.49. The number of carbonyl (C=O) groups is 1. The molecule has 1 amide bonds. The minimum atomic E-state index is -0.524. The van der Waals surface area contributed by atoms with Crippen LogP contribution < -0.4 is 20.3 Å². The molecule has 2 fully saturated rings. The van der Waals surface area contributed by atoms with Crippen LogP contribution in [0.1, 0.15) is 22.5 Å². The lowest BCUT2D eigenvalue weighted by Gasteiger charge is -2.32. The van der Waals surface area contributed by atoms with Crippen molar-refractivity contribution >= 4 is 28.2 Å². The van der Waals surface area contributed by atoms with Crippen LogP contribution in [-0.4, -0.2) is 57.7 Å². The Labute approximate surface area is 236 Å². The third-order valence-electron chi connectivity index (χ3n) is 7.93. The Morgan fingerprint density at radius 3 is 2.78 bits per heavy atom. The van der Waals surface area contributed by atoms with Gasteiger partial charge in [0.25, 0.3) is 5.91 Å². The number of piperazine rings is 1. The summed E-state index contributed by atoms with van der Waals surface area (Å²) < 4.78 is 22.2. The average Bonchev–Trinajstić information content (AvgIpc) is 3.74. The van der Waals surface area contributed by atoms with Crippen molar-refractivity contribution in [2.45, 2.75) is 25.0 Å². The number of anilines is 2. The summed E-state index contributed by atoms with van der Waals surface area (Å²) in [5.74, 6) is -0.546. The standard InChI is InChI=1S/C31H28FN7O2/c1-41-27-4-2-3-23(32)28(27)30-34-13-9-25(36-30)31(40)37-24-5-6-26-22(29(24)39-18-20-15-21(39)16-35-20)10-14-38(26)17-19-7-11-33-12-8-19/h2-14,20-21,35H,15-18H2,1H3,(H,37,40)/t20-,21-/m0/s1. The summed E-state index contributed by atoms with van der Waals surface area (Å²) in [7, 11) is 1.46. The number of fused-ring (bicyclic) bond motifs is 3. The minimum absolute atomic E-state index is 0.0828. The zero-order chi connectivity index (χ0) is 27.9. The summed E-state index contributed by atoms with van der Waals surface area (Å²) >= 11 is 0. The number of nitrogens with zero attached hydrogens (tertiary/aromatic N) is 5. The highest BCUT2D eigenvalue weighted by Crippen LogP contribution is 2.41. The van der Waals surface area contributed by atoms with Gasteiger partial charge in [0.05, 0.1) is 29.6 Å². The van der Waals surface area contributed by atoms with Crippen molar-refractivity contribution in [1.82, 2.24) is 24.8 Å². The lowest BCUT2D eigenvalue weighted by Crippen LogP contribution is -2.44. The second-order valence-electron chi connectivity index (χ2n) is 10.4. The van der Waals surface area contributed by atoms with Gasteiger partial charge in [-0.3, -0.25) is 9.78 Å². The van der Waals surface area contributed by atoms with Crippen LogP contribution in [0, 0.1) is 5.82 Å². The van der Waals surface area contributed by atoms with Gasteiger partial charge in [-0.05, 0) is 60.5 Å². The van der Waals surface area contributed by atoms with Gasteiger partial charge in [0, 0.05) is 61.9 Å². The maximum absolute atomic E-state index is 14.7. The van der Waals surface area contributed by atoms with E-state index in [0.29, 0.717) is 30.1 Å². The monoisotopic (exact) mass is 549 g/mol. The van der Waals surface area contributed by atoms with E-state index in [4.69, 9.17) is 4.74 Å². The first-order chi connectivity index (χ1) is 20.1. The molecule has 2 atom stereocenters. The van der Waals surface area contributed by atoms with Gasteiger partial charge in [0.1, 0.15) is 17.3 Å². The molecule has 2 aromatic carbocycles. The van der Waals surface area contributed by atoms with Crippen LogP contribution in [0.2, 0.25) is 0 Å². The fourth-order valence-electron chi connectivity index (χ4n) is 6.01. The van der Waals surface area contributed by atoms with Gasteiger partial charge in [-0.1, -0.05) is 6.07 Å². The zero-order valence-corrected chi connectivity index (χ0v) is 22.4. The van der Waals surface area contributed by atoms with Gasteiger partial charge >= 0.3 is 0 Å². The Kier molecular flexibility index (Phi) is 6.31. The van der Waals surface area contributed by atoms with E-state index in [1.165, 1.54) is 25.4 Å². The number of amides is 1. The number of aromatic nitrogens is 4. The van der Waals surface area contributed by atoms with Crippen molar-refractivity contribution < 1.29 is 13.9 Å². The summed E-state index contributed by atoms with van der Waals surface area (Å²) in [5.41, 5.74) is 4.20. The van der Waals surface area contributed by atoms with Crippen molar-refractivity contribution in [3.8, 4) is 17.1 Å². The van der Waals surface area contributed by atoms with Crippen molar-refractivity contribution in [3.63, 3.8) is 0 Å². The molecule has 2 bridgehead atoms. The number of methoxy groups -OCH3 is 1. The number of rotatable bonds is 7. The number of pyridine rings is 1. The molecule has 5 aromatic rings. The molecule has 10 heteroatoms. The van der Waals surface area contributed by atoms with Crippen LogP contribution in [0.15, 0.2) is 79.4 Å². The quantitative estimate of drug-likeness (QED) is 0.309. The highest BCUT2D eigenvalue weighted by Gasteiger charge is 2.39. The van der Waals surface area contributed by atoms with E-state index < -0.39 is 11.7 Å². The minimum Gasteiger partial charge on any atom is -0.496 e. The van der Waals surface area contributed by atoms with Crippen molar-refractivity contribution in [2.75, 3.05) is 30.4 Å². The fraction of sp³-hybridized carbons (Fsp3) is 0.226.